The third kappa shape index (κ3) is 2.06. The van der Waals surface area contributed by atoms with Crippen LogP contribution in [-0.2, 0) is 16.6 Å². The topological polar surface area (TPSA) is 63.2 Å². The zero-order chi connectivity index (χ0) is 19.8. The molecule has 0 aromatic heterocycles. The molecule has 1 spiro atoms. The Morgan fingerprint density at radius 3 is 3.03 bits per heavy atom. The second kappa shape index (κ2) is 6.20. The van der Waals surface area contributed by atoms with Crippen LogP contribution in [0.4, 0.5) is 0 Å². The van der Waals surface area contributed by atoms with E-state index < -0.39 is 11.7 Å². The van der Waals surface area contributed by atoms with Gasteiger partial charge in [0.05, 0.1) is 18.6 Å². The molecule has 2 bridgehead atoms. The maximum atomic E-state index is 11.5. The van der Waals surface area contributed by atoms with Gasteiger partial charge in [0, 0.05) is 30.6 Å². The quantitative estimate of drug-likeness (QED) is 0.748. The van der Waals surface area contributed by atoms with E-state index in [1.54, 1.807) is 0 Å². The molecule has 0 radical (unpaired) electrons. The molecule has 0 saturated carbocycles. The maximum Gasteiger partial charge on any atom is 0.176 e. The summed E-state index contributed by atoms with van der Waals surface area (Å²) in [5.74, 6) is 1.93. The predicted octanol–water partition coefficient (Wildman–Crippen LogP) is 1.25. The Morgan fingerprint density at radius 1 is 1.34 bits per heavy atom. The molecule has 156 valence electrons. The molecule has 5 aliphatic rings. The van der Waals surface area contributed by atoms with Crippen LogP contribution >= 0.6 is 0 Å². The van der Waals surface area contributed by atoms with E-state index in [-0.39, 0.29) is 11.5 Å². The first-order chi connectivity index (χ1) is 14.1. The molecule has 6 atom stereocenters. The Labute approximate surface area is 171 Å². The van der Waals surface area contributed by atoms with Crippen LogP contribution in [0.25, 0.3) is 0 Å². The number of nitrogens with one attached hydrogen (secondary N) is 1. The molecule has 2 N–H and O–H groups in total. The molecule has 2 fully saturated rings. The van der Waals surface area contributed by atoms with Gasteiger partial charge in [-0.1, -0.05) is 18.2 Å². The summed E-state index contributed by atoms with van der Waals surface area (Å²) in [5.41, 5.74) is 1.49. The molecule has 2 aliphatic carbocycles. The van der Waals surface area contributed by atoms with Gasteiger partial charge in [-0.2, -0.15) is 0 Å². The summed E-state index contributed by atoms with van der Waals surface area (Å²) >= 11 is 0. The normalized spacial score (nSPS) is 42.3. The highest BCUT2D eigenvalue weighted by atomic mass is 16.6. The fraction of sp³-hybridized carbons (Fsp3) is 0.652. The average Bonchev–Trinajstić information content (AvgIpc) is 3.06. The van der Waals surface area contributed by atoms with Gasteiger partial charge in [-0.25, -0.2) is 0 Å². The molecule has 3 heterocycles. The van der Waals surface area contributed by atoms with Gasteiger partial charge in [0.25, 0.3) is 0 Å². The van der Waals surface area contributed by atoms with E-state index in [1.807, 2.05) is 13.0 Å². The Morgan fingerprint density at radius 2 is 2.24 bits per heavy atom. The number of likely N-dealkylation sites (N-methyl/N-ethyl adjacent to an activating group) is 1. The van der Waals surface area contributed by atoms with Crippen LogP contribution < -0.4 is 14.8 Å². The summed E-state index contributed by atoms with van der Waals surface area (Å²) in [6.07, 6.45) is 5.23. The summed E-state index contributed by atoms with van der Waals surface area (Å²) in [6.45, 7) is 5.74. The zero-order valence-electron chi connectivity index (χ0n) is 17.2. The zero-order valence-corrected chi connectivity index (χ0v) is 17.2. The van der Waals surface area contributed by atoms with Crippen LogP contribution in [0.3, 0.4) is 0 Å². The summed E-state index contributed by atoms with van der Waals surface area (Å²) in [5, 5.41) is 15.0. The van der Waals surface area contributed by atoms with Crippen LogP contribution in [0.2, 0.25) is 0 Å². The molecule has 6 rings (SSSR count). The molecular weight excluding hydrogens is 368 g/mol. The molecule has 29 heavy (non-hydrogen) atoms. The molecule has 6 nitrogen and oxygen atoms in total. The summed E-state index contributed by atoms with van der Waals surface area (Å²) in [6, 6.07) is 4.68. The smallest absolute Gasteiger partial charge is 0.176 e. The van der Waals surface area contributed by atoms with Gasteiger partial charge in [-0.3, -0.25) is 0 Å². The van der Waals surface area contributed by atoms with Crippen LogP contribution in [0.5, 0.6) is 11.5 Å². The summed E-state index contributed by atoms with van der Waals surface area (Å²) in [4.78, 5) is 2.49. The lowest BCUT2D eigenvalue weighted by Crippen LogP contribution is -2.76. The lowest BCUT2D eigenvalue weighted by atomic mass is 9.47. The first-order valence-electron chi connectivity index (χ1n) is 11.0. The van der Waals surface area contributed by atoms with E-state index >= 15 is 0 Å². The number of hydrogen-bond acceptors (Lipinski definition) is 6. The Bertz CT molecular complexity index is 867. The number of aliphatic hydroxyl groups excluding tert-OH is 1. The number of rotatable bonds is 3. The van der Waals surface area contributed by atoms with Gasteiger partial charge in [-0.15, -0.1) is 0 Å². The molecule has 3 aliphatic heterocycles. The van der Waals surface area contributed by atoms with E-state index in [1.165, 1.54) is 11.1 Å². The number of benzene rings is 1. The highest BCUT2D eigenvalue weighted by molar-refractivity contribution is 5.64. The van der Waals surface area contributed by atoms with Gasteiger partial charge in [0.1, 0.15) is 12.2 Å². The van der Waals surface area contributed by atoms with Crippen LogP contribution in [0.1, 0.15) is 24.5 Å². The van der Waals surface area contributed by atoms with Crippen LogP contribution in [0.15, 0.2) is 24.3 Å². The van der Waals surface area contributed by atoms with Gasteiger partial charge in [0.2, 0.25) is 0 Å². The Kier molecular flexibility index (Phi) is 3.89. The molecular formula is C23H30N2O4. The van der Waals surface area contributed by atoms with Crippen LogP contribution in [-0.4, -0.2) is 73.8 Å². The van der Waals surface area contributed by atoms with Gasteiger partial charge in [0.15, 0.2) is 17.1 Å². The largest absolute Gasteiger partial charge is 0.490 e. The number of aliphatic hydroxyl groups is 1. The van der Waals surface area contributed by atoms with Crippen molar-refractivity contribution < 1.29 is 19.3 Å². The number of nitrogens with zero attached hydrogens (tertiary/aromatic N) is 1. The van der Waals surface area contributed by atoms with Crippen molar-refractivity contribution in [2.24, 2.45) is 5.92 Å². The van der Waals surface area contributed by atoms with Crippen molar-refractivity contribution in [3.63, 3.8) is 0 Å². The van der Waals surface area contributed by atoms with Crippen molar-refractivity contribution in [1.82, 2.24) is 10.2 Å². The van der Waals surface area contributed by atoms with Gasteiger partial charge >= 0.3 is 0 Å². The number of ether oxygens (including phenoxy) is 3. The van der Waals surface area contributed by atoms with E-state index in [4.69, 9.17) is 14.2 Å². The number of hydrogen-bond donors (Lipinski definition) is 2. The lowest BCUT2D eigenvalue weighted by molar-refractivity contribution is -0.196. The van der Waals surface area contributed by atoms with Crippen molar-refractivity contribution in [2.75, 3.05) is 39.9 Å². The van der Waals surface area contributed by atoms with Crippen molar-refractivity contribution >= 4 is 0 Å². The van der Waals surface area contributed by atoms with Gasteiger partial charge in [-0.05, 0) is 45.0 Å². The molecule has 1 unspecified atom stereocenters. The minimum atomic E-state index is -0.829. The summed E-state index contributed by atoms with van der Waals surface area (Å²) < 4.78 is 19.2. The second-order valence-electron chi connectivity index (χ2n) is 9.15. The maximum absolute atomic E-state index is 11.5. The van der Waals surface area contributed by atoms with E-state index in [2.05, 4.69) is 35.5 Å². The molecule has 0 amide bonds. The average molecular weight is 399 g/mol. The molecule has 6 heteroatoms. The number of likely N-dealkylation sites (tertiary alicyclic amines) is 1. The minimum absolute atomic E-state index is 0.212. The molecule has 1 aromatic rings. The third-order valence-corrected chi connectivity index (χ3v) is 8.11. The highest BCUT2D eigenvalue weighted by Gasteiger charge is 2.74. The van der Waals surface area contributed by atoms with Crippen molar-refractivity contribution in [2.45, 2.75) is 49.0 Å². The van der Waals surface area contributed by atoms with Crippen molar-refractivity contribution in [1.29, 1.82) is 0 Å². The molecule has 1 aromatic carbocycles. The Balaban J connectivity index is 1.64. The van der Waals surface area contributed by atoms with Gasteiger partial charge < -0.3 is 29.5 Å². The highest BCUT2D eigenvalue weighted by Crippen LogP contribution is 2.67. The number of piperidine rings is 1. The SMILES string of the molecule is CCOc1ccc2c3c1O[C@@]1(C4CNCCO4)[C@@H](O)C=C[C@H]4[C@@H](C2)N(C)CC[C@@]341. The molecule has 2 saturated heterocycles. The first-order valence-corrected chi connectivity index (χ1v) is 11.0. The monoisotopic (exact) mass is 398 g/mol. The number of morpholine rings is 1. The lowest BCUT2D eigenvalue weighted by Gasteiger charge is -2.62. The predicted molar refractivity (Wildman–Crippen MR) is 109 cm³/mol. The summed E-state index contributed by atoms with van der Waals surface area (Å²) in [7, 11) is 2.23. The fourth-order valence-corrected chi connectivity index (χ4v) is 7.00. The van der Waals surface area contributed by atoms with E-state index in [0.29, 0.717) is 31.7 Å². The Hall–Kier alpha value is -1.60. The first kappa shape index (κ1) is 18.2. The minimum Gasteiger partial charge on any atom is -0.490 e. The fourth-order valence-electron chi connectivity index (χ4n) is 7.00. The van der Waals surface area contributed by atoms with Crippen molar-refractivity contribution in [3.8, 4) is 11.5 Å². The standard InChI is InChI=1S/C23H30N2O4/c1-3-27-17-6-4-14-12-16-15-5-7-18(26)23(19-13-24-9-11-28-19)22(15,8-10-25(16)2)20(14)21(17)29-23/h4-7,15-16,18-19,24,26H,3,8-13H2,1-2H3/t15-,16+,18-,19?,22-,23+/m0/s1. The van der Waals surface area contributed by atoms with Crippen molar-refractivity contribution in [3.05, 3.63) is 35.4 Å². The third-order valence-electron chi connectivity index (χ3n) is 8.11. The second-order valence-corrected chi connectivity index (χ2v) is 9.15. The van der Waals surface area contributed by atoms with E-state index in [0.717, 1.165) is 37.4 Å². The van der Waals surface area contributed by atoms with E-state index in [9.17, 15) is 5.11 Å². The van der Waals surface area contributed by atoms with Crippen LogP contribution in [0, 0.1) is 5.92 Å².